The molecule has 1 fully saturated rings. The molecule has 2 unspecified atom stereocenters. The third-order valence-electron chi connectivity index (χ3n) is 2.92. The first kappa shape index (κ1) is 13.3. The Morgan fingerprint density at radius 2 is 2.65 bits per heavy atom. The molecule has 0 amide bonds. The van der Waals surface area contributed by atoms with E-state index in [1.54, 1.807) is 18.1 Å². The second-order valence-corrected chi connectivity index (χ2v) is 6.25. The third kappa shape index (κ3) is 4.21. The molecule has 1 N–H and O–H groups in total. The van der Waals surface area contributed by atoms with Crippen LogP contribution >= 0.6 is 23.3 Å². The molecule has 4 nitrogen and oxygen atoms in total. The van der Waals surface area contributed by atoms with Gasteiger partial charge in [-0.05, 0) is 30.9 Å². The highest BCUT2D eigenvalue weighted by atomic mass is 32.2. The standard InChI is InChI=1S/C11H19N3OS2/c1-2-4-12-10(9-3-5-15-6-9)7-16-11-13-8-14-17-11/h8-10,12H,2-7H2,1H3. The van der Waals surface area contributed by atoms with Gasteiger partial charge in [-0.2, -0.15) is 4.37 Å². The molecule has 1 aromatic heterocycles. The van der Waals surface area contributed by atoms with Crippen LogP contribution in [0.2, 0.25) is 0 Å². The summed E-state index contributed by atoms with van der Waals surface area (Å²) in [6.07, 6.45) is 3.98. The number of hydrogen-bond donors (Lipinski definition) is 1. The Balaban J connectivity index is 1.81. The molecule has 1 aromatic rings. The van der Waals surface area contributed by atoms with E-state index in [0.717, 1.165) is 29.9 Å². The van der Waals surface area contributed by atoms with E-state index in [-0.39, 0.29) is 0 Å². The zero-order chi connectivity index (χ0) is 11.9. The van der Waals surface area contributed by atoms with Gasteiger partial charge in [-0.1, -0.05) is 18.7 Å². The molecule has 2 rings (SSSR count). The molecule has 1 saturated heterocycles. The van der Waals surface area contributed by atoms with E-state index in [0.29, 0.717) is 12.0 Å². The highest BCUT2D eigenvalue weighted by molar-refractivity contribution is 8.00. The van der Waals surface area contributed by atoms with Gasteiger partial charge < -0.3 is 10.1 Å². The first-order chi connectivity index (χ1) is 8.40. The molecule has 1 aliphatic rings. The zero-order valence-electron chi connectivity index (χ0n) is 10.1. The number of nitrogens with one attached hydrogen (secondary N) is 1. The Kier molecular flexibility index (Phi) is 5.70. The monoisotopic (exact) mass is 273 g/mol. The average Bonchev–Trinajstić information content (AvgIpc) is 3.01. The van der Waals surface area contributed by atoms with Crippen molar-refractivity contribution in [3.63, 3.8) is 0 Å². The van der Waals surface area contributed by atoms with Gasteiger partial charge in [-0.15, -0.1) is 0 Å². The van der Waals surface area contributed by atoms with Crippen LogP contribution < -0.4 is 5.32 Å². The molecule has 6 heteroatoms. The summed E-state index contributed by atoms with van der Waals surface area (Å²) in [5.74, 6) is 1.71. The lowest BCUT2D eigenvalue weighted by Crippen LogP contribution is -2.39. The normalized spacial score (nSPS) is 21.8. The number of aromatic nitrogens is 2. The molecule has 1 aliphatic heterocycles. The Morgan fingerprint density at radius 1 is 1.71 bits per heavy atom. The quantitative estimate of drug-likeness (QED) is 0.770. The highest BCUT2D eigenvalue weighted by Crippen LogP contribution is 2.24. The number of rotatable bonds is 7. The van der Waals surface area contributed by atoms with E-state index < -0.39 is 0 Å². The molecule has 0 saturated carbocycles. The predicted molar refractivity (Wildman–Crippen MR) is 71.6 cm³/mol. The maximum atomic E-state index is 5.48. The van der Waals surface area contributed by atoms with Crippen LogP contribution in [0.25, 0.3) is 0 Å². The Morgan fingerprint density at radius 3 is 3.29 bits per heavy atom. The summed E-state index contributed by atoms with van der Waals surface area (Å²) < 4.78 is 10.6. The lowest BCUT2D eigenvalue weighted by Gasteiger charge is -2.22. The predicted octanol–water partition coefficient (Wildman–Crippen LogP) is 2.03. The van der Waals surface area contributed by atoms with Gasteiger partial charge in [-0.25, -0.2) is 4.98 Å². The average molecular weight is 273 g/mol. The van der Waals surface area contributed by atoms with Crippen LogP contribution in [0.5, 0.6) is 0 Å². The third-order valence-corrected chi connectivity index (χ3v) is 4.83. The van der Waals surface area contributed by atoms with Crippen molar-refractivity contribution in [2.24, 2.45) is 5.92 Å². The van der Waals surface area contributed by atoms with Gasteiger partial charge >= 0.3 is 0 Å². The summed E-state index contributed by atoms with van der Waals surface area (Å²) in [5.41, 5.74) is 0. The summed E-state index contributed by atoms with van der Waals surface area (Å²) in [7, 11) is 0. The fraction of sp³-hybridized carbons (Fsp3) is 0.818. The van der Waals surface area contributed by atoms with Crippen LogP contribution in [-0.2, 0) is 4.74 Å². The van der Waals surface area contributed by atoms with Crippen molar-refractivity contribution in [2.75, 3.05) is 25.5 Å². The number of hydrogen-bond acceptors (Lipinski definition) is 6. The SMILES string of the molecule is CCCNC(CSc1ncns1)C1CCOC1. The van der Waals surface area contributed by atoms with Gasteiger partial charge in [0, 0.05) is 24.3 Å². The van der Waals surface area contributed by atoms with Gasteiger partial charge in [0.15, 0.2) is 4.34 Å². The fourth-order valence-electron chi connectivity index (χ4n) is 1.95. The molecule has 2 atom stereocenters. The van der Waals surface area contributed by atoms with E-state index in [4.69, 9.17) is 4.74 Å². The van der Waals surface area contributed by atoms with Crippen molar-refractivity contribution in [3.8, 4) is 0 Å². The van der Waals surface area contributed by atoms with Crippen LogP contribution in [0.3, 0.4) is 0 Å². The molecular formula is C11H19N3OS2. The minimum Gasteiger partial charge on any atom is -0.381 e. The molecule has 0 spiro atoms. The minimum absolute atomic E-state index is 0.534. The van der Waals surface area contributed by atoms with Crippen LogP contribution in [-0.4, -0.2) is 40.9 Å². The van der Waals surface area contributed by atoms with Gasteiger partial charge in [0.05, 0.1) is 6.61 Å². The lowest BCUT2D eigenvalue weighted by molar-refractivity contribution is 0.179. The van der Waals surface area contributed by atoms with Gasteiger partial charge in [0.2, 0.25) is 0 Å². The summed E-state index contributed by atoms with van der Waals surface area (Å²) >= 11 is 3.27. The summed E-state index contributed by atoms with van der Waals surface area (Å²) in [6, 6.07) is 0.534. The van der Waals surface area contributed by atoms with Gasteiger partial charge in [0.25, 0.3) is 0 Å². The molecule has 0 bridgehead atoms. The van der Waals surface area contributed by atoms with Crippen molar-refractivity contribution < 1.29 is 4.74 Å². The van der Waals surface area contributed by atoms with Gasteiger partial charge in [0.1, 0.15) is 6.33 Å². The van der Waals surface area contributed by atoms with Crippen molar-refractivity contribution in [3.05, 3.63) is 6.33 Å². The maximum Gasteiger partial charge on any atom is 0.169 e. The fourth-order valence-corrected chi connectivity index (χ4v) is 3.61. The molecule has 0 radical (unpaired) electrons. The number of ether oxygens (including phenoxy) is 1. The lowest BCUT2D eigenvalue weighted by atomic mass is 10.0. The molecule has 0 aliphatic carbocycles. The van der Waals surface area contributed by atoms with E-state index in [2.05, 4.69) is 21.6 Å². The largest absolute Gasteiger partial charge is 0.381 e. The minimum atomic E-state index is 0.534. The van der Waals surface area contributed by atoms with Crippen LogP contribution in [0, 0.1) is 5.92 Å². The Labute approximate surface area is 111 Å². The van der Waals surface area contributed by atoms with Gasteiger partial charge in [-0.3, -0.25) is 0 Å². The van der Waals surface area contributed by atoms with Crippen molar-refractivity contribution in [1.82, 2.24) is 14.7 Å². The van der Waals surface area contributed by atoms with Crippen molar-refractivity contribution >= 4 is 23.3 Å². The smallest absolute Gasteiger partial charge is 0.169 e. The van der Waals surface area contributed by atoms with Crippen LogP contribution in [0.15, 0.2) is 10.7 Å². The molecular weight excluding hydrogens is 254 g/mol. The van der Waals surface area contributed by atoms with E-state index in [1.807, 2.05) is 0 Å². The summed E-state index contributed by atoms with van der Waals surface area (Å²) in [5, 5.41) is 3.63. The second-order valence-electron chi connectivity index (χ2n) is 4.20. The molecule has 0 aromatic carbocycles. The Hall–Kier alpha value is -0.170. The van der Waals surface area contributed by atoms with Crippen molar-refractivity contribution in [2.45, 2.75) is 30.1 Å². The van der Waals surface area contributed by atoms with E-state index in [9.17, 15) is 0 Å². The highest BCUT2D eigenvalue weighted by Gasteiger charge is 2.25. The van der Waals surface area contributed by atoms with E-state index in [1.165, 1.54) is 24.4 Å². The summed E-state index contributed by atoms with van der Waals surface area (Å²) in [6.45, 7) is 5.10. The summed E-state index contributed by atoms with van der Waals surface area (Å²) in [4.78, 5) is 4.21. The second kappa shape index (κ2) is 7.31. The number of nitrogens with zero attached hydrogens (tertiary/aromatic N) is 2. The molecule has 2 heterocycles. The van der Waals surface area contributed by atoms with E-state index >= 15 is 0 Å². The zero-order valence-corrected chi connectivity index (χ0v) is 11.7. The molecule has 96 valence electrons. The van der Waals surface area contributed by atoms with Crippen LogP contribution in [0.4, 0.5) is 0 Å². The topological polar surface area (TPSA) is 47.0 Å². The van der Waals surface area contributed by atoms with Crippen LogP contribution in [0.1, 0.15) is 19.8 Å². The van der Waals surface area contributed by atoms with Crippen molar-refractivity contribution in [1.29, 1.82) is 0 Å². The Bertz CT molecular complexity index is 302. The number of thioether (sulfide) groups is 1. The maximum absolute atomic E-state index is 5.48. The molecule has 17 heavy (non-hydrogen) atoms. The first-order valence-corrected chi connectivity index (χ1v) is 7.86. The first-order valence-electron chi connectivity index (χ1n) is 6.10.